The summed E-state index contributed by atoms with van der Waals surface area (Å²) in [6, 6.07) is 14.7. The van der Waals surface area contributed by atoms with E-state index in [9.17, 15) is 9.18 Å². The van der Waals surface area contributed by atoms with E-state index < -0.39 is 11.8 Å². The summed E-state index contributed by atoms with van der Waals surface area (Å²) in [6.45, 7) is 1.83. The Labute approximate surface area is 164 Å². The van der Waals surface area contributed by atoms with Crippen molar-refractivity contribution in [1.29, 1.82) is 0 Å². The number of aryl methyl sites for hydroxylation is 1. The molecule has 28 heavy (non-hydrogen) atoms. The van der Waals surface area contributed by atoms with Gasteiger partial charge in [0.1, 0.15) is 17.3 Å². The lowest BCUT2D eigenvalue weighted by atomic mass is 10.2. The number of hydrogen-bond acceptors (Lipinski definition) is 4. The number of fused-ring (bicyclic) bond motifs is 1. The van der Waals surface area contributed by atoms with Crippen molar-refractivity contribution in [3.05, 3.63) is 77.6 Å². The van der Waals surface area contributed by atoms with E-state index >= 15 is 0 Å². The van der Waals surface area contributed by atoms with Gasteiger partial charge in [0, 0.05) is 18.0 Å². The second-order valence-corrected chi connectivity index (χ2v) is 7.05. The molecule has 2 heterocycles. The van der Waals surface area contributed by atoms with Crippen LogP contribution in [0.5, 0.6) is 11.5 Å². The molecule has 0 radical (unpaired) electrons. The summed E-state index contributed by atoms with van der Waals surface area (Å²) in [5.74, 6) is 0.881. The molecular formula is C21H16FN3O2S. The third-order valence-electron chi connectivity index (χ3n) is 4.02. The normalized spacial score (nSPS) is 10.6. The van der Waals surface area contributed by atoms with Gasteiger partial charge in [-0.25, -0.2) is 9.18 Å². The Morgan fingerprint density at radius 1 is 1.07 bits per heavy atom. The Morgan fingerprint density at radius 2 is 1.89 bits per heavy atom. The van der Waals surface area contributed by atoms with Crippen LogP contribution in [0.1, 0.15) is 5.56 Å². The van der Waals surface area contributed by atoms with Crippen molar-refractivity contribution >= 4 is 39.0 Å². The average molecular weight is 393 g/mol. The number of anilines is 2. The molecule has 5 nitrogen and oxygen atoms in total. The smallest absolute Gasteiger partial charge is 0.323 e. The van der Waals surface area contributed by atoms with E-state index in [4.69, 9.17) is 4.74 Å². The minimum Gasteiger partial charge on any atom is -0.456 e. The third kappa shape index (κ3) is 3.94. The molecule has 2 aromatic heterocycles. The molecule has 4 aromatic rings. The minimum absolute atomic E-state index is 0.134. The maximum Gasteiger partial charge on any atom is 0.323 e. The van der Waals surface area contributed by atoms with Crippen molar-refractivity contribution in [2.75, 3.05) is 10.6 Å². The van der Waals surface area contributed by atoms with Gasteiger partial charge in [-0.3, -0.25) is 4.98 Å². The van der Waals surface area contributed by atoms with Crippen molar-refractivity contribution in [3.63, 3.8) is 0 Å². The van der Waals surface area contributed by atoms with Crippen molar-refractivity contribution in [2.24, 2.45) is 0 Å². The van der Waals surface area contributed by atoms with E-state index in [0.717, 1.165) is 21.5 Å². The number of carbonyl (C=O) groups is 1. The second-order valence-electron chi connectivity index (χ2n) is 6.13. The highest BCUT2D eigenvalue weighted by Crippen LogP contribution is 2.32. The number of benzene rings is 2. The highest BCUT2D eigenvalue weighted by molar-refractivity contribution is 7.17. The van der Waals surface area contributed by atoms with Gasteiger partial charge in [0.15, 0.2) is 0 Å². The molecule has 0 bridgehead atoms. The number of urea groups is 1. The average Bonchev–Trinajstić information content (AvgIpc) is 3.16. The van der Waals surface area contributed by atoms with Crippen LogP contribution in [0, 0.1) is 12.7 Å². The first-order valence-electron chi connectivity index (χ1n) is 8.53. The fourth-order valence-electron chi connectivity index (χ4n) is 2.68. The standard InChI is InChI=1S/C21H16FN3O2S/c1-13-2-7-16(22)18(12-13)25-21(26)24-14-3-5-15(6-4-14)27-19-8-10-23-17-9-11-28-20(17)19/h2-12H,1H3,(H2,24,25,26). The Morgan fingerprint density at radius 3 is 2.71 bits per heavy atom. The van der Waals surface area contributed by atoms with Gasteiger partial charge in [0.05, 0.1) is 15.9 Å². The molecule has 0 spiro atoms. The van der Waals surface area contributed by atoms with Gasteiger partial charge in [-0.05, 0) is 60.3 Å². The summed E-state index contributed by atoms with van der Waals surface area (Å²) in [7, 11) is 0. The van der Waals surface area contributed by atoms with Gasteiger partial charge in [-0.15, -0.1) is 11.3 Å². The summed E-state index contributed by atoms with van der Waals surface area (Å²) in [4.78, 5) is 16.4. The van der Waals surface area contributed by atoms with Gasteiger partial charge >= 0.3 is 6.03 Å². The maximum atomic E-state index is 13.8. The maximum absolute atomic E-state index is 13.8. The molecule has 0 fully saturated rings. The van der Waals surface area contributed by atoms with Crippen molar-refractivity contribution in [2.45, 2.75) is 6.92 Å². The Kier molecular flexibility index (Phi) is 4.90. The molecule has 0 atom stereocenters. The predicted octanol–water partition coefficient (Wildman–Crippen LogP) is 6.18. The largest absolute Gasteiger partial charge is 0.456 e. The number of rotatable bonds is 4. The zero-order chi connectivity index (χ0) is 19.5. The van der Waals surface area contributed by atoms with Gasteiger partial charge in [0.2, 0.25) is 0 Å². The second kappa shape index (κ2) is 7.66. The lowest BCUT2D eigenvalue weighted by Crippen LogP contribution is -2.20. The van der Waals surface area contributed by atoms with Crippen LogP contribution in [-0.2, 0) is 0 Å². The highest BCUT2D eigenvalue weighted by Gasteiger charge is 2.09. The molecule has 7 heteroatoms. The number of carbonyl (C=O) groups excluding carboxylic acids is 1. The predicted molar refractivity (Wildman–Crippen MR) is 110 cm³/mol. The number of amides is 2. The summed E-state index contributed by atoms with van der Waals surface area (Å²) >= 11 is 1.56. The molecule has 140 valence electrons. The van der Waals surface area contributed by atoms with Gasteiger partial charge in [0.25, 0.3) is 0 Å². The number of nitrogens with one attached hydrogen (secondary N) is 2. The molecule has 2 aromatic carbocycles. The van der Waals surface area contributed by atoms with Crippen LogP contribution in [-0.4, -0.2) is 11.0 Å². The Balaban J connectivity index is 1.42. The first kappa shape index (κ1) is 17.9. The SMILES string of the molecule is Cc1ccc(F)c(NC(=O)Nc2ccc(Oc3ccnc4ccsc34)cc2)c1. The molecule has 0 aliphatic heterocycles. The summed E-state index contributed by atoms with van der Waals surface area (Å²) < 4.78 is 20.7. The summed E-state index contributed by atoms with van der Waals surface area (Å²) in [5, 5.41) is 7.15. The summed E-state index contributed by atoms with van der Waals surface area (Å²) in [6.07, 6.45) is 1.70. The van der Waals surface area contributed by atoms with E-state index in [1.165, 1.54) is 6.07 Å². The molecule has 4 rings (SSSR count). The van der Waals surface area contributed by atoms with E-state index in [-0.39, 0.29) is 5.69 Å². The van der Waals surface area contributed by atoms with Crippen LogP contribution in [0.4, 0.5) is 20.6 Å². The molecule has 2 amide bonds. The molecule has 0 aliphatic carbocycles. The highest BCUT2D eigenvalue weighted by atomic mass is 32.1. The van der Waals surface area contributed by atoms with Crippen molar-refractivity contribution in [3.8, 4) is 11.5 Å². The zero-order valence-electron chi connectivity index (χ0n) is 14.9. The number of hydrogen-bond donors (Lipinski definition) is 2. The first-order chi connectivity index (χ1) is 13.6. The topological polar surface area (TPSA) is 63.2 Å². The minimum atomic E-state index is -0.521. The van der Waals surface area contributed by atoms with Crippen LogP contribution in [0.2, 0.25) is 0 Å². The molecule has 0 saturated heterocycles. The van der Waals surface area contributed by atoms with E-state index in [2.05, 4.69) is 15.6 Å². The van der Waals surface area contributed by atoms with Gasteiger partial charge in [-0.1, -0.05) is 6.07 Å². The molecule has 0 unspecified atom stereocenters. The number of aromatic nitrogens is 1. The molecule has 0 aliphatic rings. The van der Waals surface area contributed by atoms with Gasteiger partial charge in [-0.2, -0.15) is 0 Å². The van der Waals surface area contributed by atoms with E-state index in [0.29, 0.717) is 11.4 Å². The first-order valence-corrected chi connectivity index (χ1v) is 9.41. The van der Waals surface area contributed by atoms with Crippen LogP contribution < -0.4 is 15.4 Å². The van der Waals surface area contributed by atoms with Crippen LogP contribution in [0.3, 0.4) is 0 Å². The number of pyridine rings is 1. The fraction of sp³-hybridized carbons (Fsp3) is 0.0476. The van der Waals surface area contributed by atoms with Gasteiger partial charge < -0.3 is 15.4 Å². The zero-order valence-corrected chi connectivity index (χ0v) is 15.7. The summed E-state index contributed by atoms with van der Waals surface area (Å²) in [5.41, 5.74) is 2.44. The molecule has 0 saturated carbocycles. The number of ether oxygens (including phenoxy) is 1. The van der Waals surface area contributed by atoms with Crippen molar-refractivity contribution < 1.29 is 13.9 Å². The van der Waals surface area contributed by atoms with Crippen molar-refractivity contribution in [1.82, 2.24) is 4.98 Å². The van der Waals surface area contributed by atoms with E-state index in [1.807, 2.05) is 24.4 Å². The van der Waals surface area contributed by atoms with Crippen LogP contribution in [0.25, 0.3) is 10.2 Å². The Hall–Kier alpha value is -3.45. The molecular weight excluding hydrogens is 377 g/mol. The fourth-order valence-corrected chi connectivity index (χ4v) is 3.48. The Bertz CT molecular complexity index is 1140. The lowest BCUT2D eigenvalue weighted by molar-refractivity contribution is 0.262. The van der Waals surface area contributed by atoms with Crippen LogP contribution in [0.15, 0.2) is 66.2 Å². The third-order valence-corrected chi connectivity index (χ3v) is 4.94. The van der Waals surface area contributed by atoms with Crippen LogP contribution >= 0.6 is 11.3 Å². The van der Waals surface area contributed by atoms with E-state index in [1.54, 1.807) is 53.9 Å². The lowest BCUT2D eigenvalue weighted by Gasteiger charge is -2.10. The quantitative estimate of drug-likeness (QED) is 0.435. The number of nitrogens with zero attached hydrogens (tertiary/aromatic N) is 1. The number of halogens is 1. The number of thiophene rings is 1. The molecule has 2 N–H and O–H groups in total. The monoisotopic (exact) mass is 393 g/mol.